The van der Waals surface area contributed by atoms with Gasteiger partial charge in [-0.05, 0) is 42.8 Å². The fourth-order valence-electron chi connectivity index (χ4n) is 2.16. The molecule has 1 atom stereocenters. The molecule has 25 heavy (non-hydrogen) atoms. The highest BCUT2D eigenvalue weighted by atomic mass is 35.5. The molecule has 6 nitrogen and oxygen atoms in total. The lowest BCUT2D eigenvalue weighted by molar-refractivity contribution is -0.138. The van der Waals surface area contributed by atoms with Crippen molar-refractivity contribution in [2.24, 2.45) is 0 Å². The maximum absolute atomic E-state index is 12.2. The van der Waals surface area contributed by atoms with E-state index in [2.05, 4.69) is 10.6 Å². The first-order valence-electron chi connectivity index (χ1n) is 7.53. The monoisotopic (exact) mass is 360 g/mol. The van der Waals surface area contributed by atoms with Gasteiger partial charge in [0.1, 0.15) is 6.54 Å². The Bertz CT molecular complexity index is 790. The van der Waals surface area contributed by atoms with Crippen molar-refractivity contribution in [1.82, 2.24) is 5.32 Å². The maximum atomic E-state index is 12.2. The van der Waals surface area contributed by atoms with Crippen LogP contribution in [0.1, 0.15) is 28.8 Å². The average molecular weight is 361 g/mol. The van der Waals surface area contributed by atoms with Crippen LogP contribution in [0.25, 0.3) is 0 Å². The Labute approximate surface area is 149 Å². The van der Waals surface area contributed by atoms with Crippen molar-refractivity contribution in [3.63, 3.8) is 0 Å². The highest BCUT2D eigenvalue weighted by molar-refractivity contribution is 6.31. The summed E-state index contributed by atoms with van der Waals surface area (Å²) >= 11 is 5.87. The summed E-state index contributed by atoms with van der Waals surface area (Å²) in [5, 5.41) is 14.1. The fourth-order valence-corrected chi connectivity index (χ4v) is 2.35. The number of aliphatic carboxylic acids is 1. The third-order valence-corrected chi connectivity index (χ3v) is 3.80. The summed E-state index contributed by atoms with van der Waals surface area (Å²) in [5.41, 5.74) is 1.73. The number of carbonyl (C=O) groups is 3. The van der Waals surface area contributed by atoms with Gasteiger partial charge in [-0.2, -0.15) is 0 Å². The minimum atomic E-state index is -1.10. The molecule has 0 heterocycles. The fraction of sp³-hybridized carbons (Fsp3) is 0.167. The van der Waals surface area contributed by atoms with Gasteiger partial charge < -0.3 is 15.7 Å². The SMILES string of the molecule is CC(C(=O)NCC(=O)O)c1ccc(NC(=O)c2cccc(Cl)c2)cc1. The second-order valence-electron chi connectivity index (χ2n) is 5.42. The van der Waals surface area contributed by atoms with Crippen LogP contribution in [0.15, 0.2) is 48.5 Å². The molecular weight excluding hydrogens is 344 g/mol. The molecule has 1 unspecified atom stereocenters. The lowest BCUT2D eigenvalue weighted by Gasteiger charge is -2.12. The van der Waals surface area contributed by atoms with Crippen molar-refractivity contribution >= 4 is 35.1 Å². The zero-order valence-corrected chi connectivity index (χ0v) is 14.2. The number of anilines is 1. The Morgan fingerprint density at radius 3 is 2.40 bits per heavy atom. The minimum absolute atomic E-state index is 0.289. The van der Waals surface area contributed by atoms with Crippen molar-refractivity contribution < 1.29 is 19.5 Å². The molecule has 2 aromatic rings. The van der Waals surface area contributed by atoms with Crippen molar-refractivity contribution in [1.29, 1.82) is 0 Å². The smallest absolute Gasteiger partial charge is 0.322 e. The van der Waals surface area contributed by atoms with Gasteiger partial charge in [-0.1, -0.05) is 29.8 Å². The van der Waals surface area contributed by atoms with Crippen LogP contribution in [0.3, 0.4) is 0 Å². The van der Waals surface area contributed by atoms with Gasteiger partial charge in [-0.15, -0.1) is 0 Å². The summed E-state index contributed by atoms with van der Waals surface area (Å²) in [6.07, 6.45) is 0. The molecule has 0 saturated heterocycles. The standard InChI is InChI=1S/C18H17ClN2O4/c1-11(17(24)20-10-16(22)23)12-5-7-15(8-6-12)21-18(25)13-3-2-4-14(19)9-13/h2-9,11H,10H2,1H3,(H,20,24)(H,21,25)(H,22,23). The van der Waals surface area contributed by atoms with E-state index in [0.29, 0.717) is 21.8 Å². The van der Waals surface area contributed by atoms with E-state index in [1.54, 1.807) is 55.5 Å². The molecule has 0 saturated carbocycles. The molecule has 2 amide bonds. The Kier molecular flexibility index (Phi) is 6.14. The van der Waals surface area contributed by atoms with E-state index in [-0.39, 0.29) is 11.8 Å². The van der Waals surface area contributed by atoms with E-state index in [1.165, 1.54) is 0 Å². The zero-order chi connectivity index (χ0) is 18.4. The summed E-state index contributed by atoms with van der Waals surface area (Å²) < 4.78 is 0. The van der Waals surface area contributed by atoms with Crippen molar-refractivity contribution in [2.75, 3.05) is 11.9 Å². The first-order valence-corrected chi connectivity index (χ1v) is 7.91. The van der Waals surface area contributed by atoms with E-state index in [4.69, 9.17) is 16.7 Å². The highest BCUT2D eigenvalue weighted by Crippen LogP contribution is 2.19. The van der Waals surface area contributed by atoms with Gasteiger partial charge in [0, 0.05) is 16.3 Å². The maximum Gasteiger partial charge on any atom is 0.322 e. The van der Waals surface area contributed by atoms with Crippen molar-refractivity contribution in [2.45, 2.75) is 12.8 Å². The van der Waals surface area contributed by atoms with E-state index >= 15 is 0 Å². The second-order valence-corrected chi connectivity index (χ2v) is 5.86. The Balaban J connectivity index is 2.00. The van der Waals surface area contributed by atoms with Crippen molar-refractivity contribution in [3.05, 3.63) is 64.7 Å². The third kappa shape index (κ3) is 5.32. The Hall–Kier alpha value is -2.86. The molecule has 0 aromatic heterocycles. The van der Waals surface area contributed by atoms with Crippen LogP contribution in [0.2, 0.25) is 5.02 Å². The molecule has 0 fully saturated rings. The highest BCUT2D eigenvalue weighted by Gasteiger charge is 2.16. The summed E-state index contributed by atoms with van der Waals surface area (Å²) in [4.78, 5) is 34.5. The van der Waals surface area contributed by atoms with Gasteiger partial charge in [0.15, 0.2) is 0 Å². The molecule has 0 aliphatic rings. The van der Waals surface area contributed by atoms with Gasteiger partial charge in [0.2, 0.25) is 5.91 Å². The normalized spacial score (nSPS) is 11.4. The van der Waals surface area contributed by atoms with Crippen LogP contribution in [0.5, 0.6) is 0 Å². The molecular formula is C18H17ClN2O4. The van der Waals surface area contributed by atoms with Gasteiger partial charge in [-0.25, -0.2) is 0 Å². The molecule has 0 aliphatic carbocycles. The predicted octanol–water partition coefficient (Wildman–Crippen LogP) is 2.90. The number of hydrogen-bond acceptors (Lipinski definition) is 3. The van der Waals surface area contributed by atoms with Crippen LogP contribution in [-0.4, -0.2) is 29.4 Å². The summed E-state index contributed by atoms with van der Waals surface area (Å²) in [6.45, 7) is 1.26. The average Bonchev–Trinajstić information content (AvgIpc) is 2.59. The molecule has 3 N–H and O–H groups in total. The number of carboxylic acid groups (broad SMARTS) is 1. The van der Waals surface area contributed by atoms with Gasteiger partial charge in [0.05, 0.1) is 5.92 Å². The number of carboxylic acids is 1. The number of rotatable bonds is 6. The summed E-state index contributed by atoms with van der Waals surface area (Å²) in [5.74, 6) is -2.27. The molecule has 0 aliphatic heterocycles. The number of halogens is 1. The second kappa shape index (κ2) is 8.30. The number of nitrogens with one attached hydrogen (secondary N) is 2. The number of amides is 2. The zero-order valence-electron chi connectivity index (χ0n) is 13.5. The topological polar surface area (TPSA) is 95.5 Å². The third-order valence-electron chi connectivity index (χ3n) is 3.56. The van der Waals surface area contributed by atoms with Crippen LogP contribution in [0.4, 0.5) is 5.69 Å². The first kappa shape index (κ1) is 18.5. The molecule has 2 aromatic carbocycles. The lowest BCUT2D eigenvalue weighted by Crippen LogP contribution is -2.32. The molecule has 2 rings (SSSR count). The molecule has 130 valence electrons. The summed E-state index contributed by atoms with van der Waals surface area (Å²) in [6, 6.07) is 13.4. The van der Waals surface area contributed by atoms with Crippen LogP contribution in [0, 0.1) is 0 Å². The first-order chi connectivity index (χ1) is 11.9. The van der Waals surface area contributed by atoms with E-state index in [9.17, 15) is 14.4 Å². The van der Waals surface area contributed by atoms with Gasteiger partial charge >= 0.3 is 5.97 Å². The minimum Gasteiger partial charge on any atom is -0.480 e. The number of carbonyl (C=O) groups excluding carboxylic acids is 2. The lowest BCUT2D eigenvalue weighted by atomic mass is 10.00. The van der Waals surface area contributed by atoms with E-state index in [1.807, 2.05) is 0 Å². The van der Waals surface area contributed by atoms with Crippen LogP contribution < -0.4 is 10.6 Å². The van der Waals surface area contributed by atoms with Gasteiger partial charge in [0.25, 0.3) is 5.91 Å². The molecule has 0 bridgehead atoms. The Morgan fingerprint density at radius 1 is 1.12 bits per heavy atom. The number of benzene rings is 2. The van der Waals surface area contributed by atoms with Gasteiger partial charge in [-0.3, -0.25) is 14.4 Å². The van der Waals surface area contributed by atoms with Crippen LogP contribution >= 0.6 is 11.6 Å². The number of hydrogen-bond donors (Lipinski definition) is 3. The van der Waals surface area contributed by atoms with E-state index < -0.39 is 18.4 Å². The van der Waals surface area contributed by atoms with Crippen LogP contribution in [-0.2, 0) is 9.59 Å². The summed E-state index contributed by atoms with van der Waals surface area (Å²) in [7, 11) is 0. The quantitative estimate of drug-likeness (QED) is 0.738. The Morgan fingerprint density at radius 2 is 1.80 bits per heavy atom. The largest absolute Gasteiger partial charge is 0.480 e. The molecule has 0 radical (unpaired) electrons. The molecule has 0 spiro atoms. The molecule has 7 heteroatoms. The predicted molar refractivity (Wildman–Crippen MR) is 94.9 cm³/mol. The van der Waals surface area contributed by atoms with Crippen molar-refractivity contribution in [3.8, 4) is 0 Å². The van der Waals surface area contributed by atoms with E-state index in [0.717, 1.165) is 0 Å².